The molecule has 0 bridgehead atoms. The molecule has 0 saturated carbocycles. The van der Waals surface area contributed by atoms with Gasteiger partial charge in [-0.15, -0.1) is 11.3 Å². The number of hydrogen-bond acceptors (Lipinski definition) is 4. The fourth-order valence-corrected chi connectivity index (χ4v) is 5.09. The lowest BCUT2D eigenvalue weighted by atomic mass is 9.70. The average molecular weight is 454 g/mol. The fourth-order valence-electron chi connectivity index (χ4n) is 4.20. The van der Waals surface area contributed by atoms with Gasteiger partial charge in [0.25, 0.3) is 0 Å². The Morgan fingerprint density at radius 1 is 1.06 bits per heavy atom. The number of aromatic carboxylic acids is 1. The summed E-state index contributed by atoms with van der Waals surface area (Å²) < 4.78 is 6.87. The molecule has 3 aromatic rings. The predicted octanol–water partition coefficient (Wildman–Crippen LogP) is 6.17. The van der Waals surface area contributed by atoms with Gasteiger partial charge in [0.15, 0.2) is 0 Å². The highest BCUT2D eigenvalue weighted by Gasteiger charge is 2.31. The third-order valence-electron chi connectivity index (χ3n) is 6.57. The smallest absolute Gasteiger partial charge is 0.345 e. The van der Waals surface area contributed by atoms with Crippen LogP contribution in [0.25, 0.3) is 10.1 Å². The Hall–Kier alpha value is -2.37. The van der Waals surface area contributed by atoms with E-state index in [1.165, 1.54) is 22.5 Å². The summed E-state index contributed by atoms with van der Waals surface area (Å²) in [4.78, 5) is 11.7. The molecule has 0 amide bonds. The van der Waals surface area contributed by atoms with Crippen molar-refractivity contribution in [1.29, 1.82) is 0 Å². The van der Waals surface area contributed by atoms with Gasteiger partial charge >= 0.3 is 5.97 Å². The topological polar surface area (TPSA) is 69.6 Å². The number of hydrogen-bond donors (Lipinski definition) is 1. The SMILES string of the molecule is CCC(CC)(c1ccc(OCC([O-])C(C)(C)C)c(C)c1)c1ccc2sc(C(=O)O)cc2c1. The molecule has 1 aromatic heterocycles. The molecule has 0 radical (unpaired) electrons. The van der Waals surface area contributed by atoms with Gasteiger partial charge in [-0.2, -0.15) is 0 Å². The molecule has 1 unspecified atom stereocenters. The molecular weight excluding hydrogens is 420 g/mol. The third kappa shape index (κ3) is 4.69. The van der Waals surface area contributed by atoms with Crippen LogP contribution in [-0.2, 0) is 5.41 Å². The number of rotatable bonds is 8. The first-order valence-electron chi connectivity index (χ1n) is 11.2. The number of aryl methyl sites for hydroxylation is 1. The van der Waals surface area contributed by atoms with E-state index < -0.39 is 12.1 Å². The monoisotopic (exact) mass is 453 g/mol. The van der Waals surface area contributed by atoms with Crippen molar-refractivity contribution in [3.05, 3.63) is 64.0 Å². The van der Waals surface area contributed by atoms with E-state index >= 15 is 0 Å². The maximum atomic E-state index is 12.3. The summed E-state index contributed by atoms with van der Waals surface area (Å²) in [6, 6.07) is 14.3. The first-order chi connectivity index (χ1) is 15.0. The number of carboxylic acid groups (broad SMARTS) is 1. The van der Waals surface area contributed by atoms with E-state index in [0.717, 1.165) is 34.2 Å². The van der Waals surface area contributed by atoms with Crippen LogP contribution < -0.4 is 9.84 Å². The molecule has 32 heavy (non-hydrogen) atoms. The summed E-state index contributed by atoms with van der Waals surface area (Å²) in [5, 5.41) is 22.6. The van der Waals surface area contributed by atoms with Crippen molar-refractivity contribution >= 4 is 27.4 Å². The Kier molecular flexibility index (Phi) is 7.01. The van der Waals surface area contributed by atoms with E-state index in [0.29, 0.717) is 4.88 Å². The Morgan fingerprint density at radius 3 is 2.25 bits per heavy atom. The van der Waals surface area contributed by atoms with Crippen LogP contribution in [0.3, 0.4) is 0 Å². The summed E-state index contributed by atoms with van der Waals surface area (Å²) >= 11 is 1.31. The summed E-state index contributed by atoms with van der Waals surface area (Å²) in [7, 11) is 0. The van der Waals surface area contributed by atoms with Crippen molar-refractivity contribution in [2.45, 2.75) is 65.9 Å². The predicted molar refractivity (Wildman–Crippen MR) is 130 cm³/mol. The van der Waals surface area contributed by atoms with Gasteiger partial charge in [-0.25, -0.2) is 4.79 Å². The third-order valence-corrected chi connectivity index (χ3v) is 7.67. The Balaban J connectivity index is 1.96. The molecule has 0 fully saturated rings. The molecule has 2 aromatic carbocycles. The average Bonchev–Trinajstić information content (AvgIpc) is 3.17. The second-order valence-corrected chi connectivity index (χ2v) is 10.7. The number of ether oxygens (including phenoxy) is 1. The maximum absolute atomic E-state index is 12.3. The van der Waals surface area contributed by atoms with E-state index in [-0.39, 0.29) is 17.4 Å². The highest BCUT2D eigenvalue weighted by atomic mass is 32.1. The molecule has 0 aliphatic heterocycles. The van der Waals surface area contributed by atoms with Crippen LogP contribution >= 0.6 is 11.3 Å². The van der Waals surface area contributed by atoms with Gasteiger partial charge in [0.05, 0.1) is 6.61 Å². The van der Waals surface area contributed by atoms with Gasteiger partial charge in [-0.3, -0.25) is 0 Å². The summed E-state index contributed by atoms with van der Waals surface area (Å²) in [6.45, 7) is 12.4. The minimum atomic E-state index is -0.886. The Morgan fingerprint density at radius 2 is 1.69 bits per heavy atom. The van der Waals surface area contributed by atoms with Crippen molar-refractivity contribution in [2.24, 2.45) is 5.41 Å². The largest absolute Gasteiger partial charge is 0.849 e. The fraction of sp³-hybridized carbons (Fsp3) is 0.444. The minimum Gasteiger partial charge on any atom is -0.849 e. The van der Waals surface area contributed by atoms with Gasteiger partial charge in [-0.05, 0) is 71.5 Å². The first kappa shape index (κ1) is 24.3. The lowest BCUT2D eigenvalue weighted by Gasteiger charge is -2.36. The zero-order valence-electron chi connectivity index (χ0n) is 19.8. The van der Waals surface area contributed by atoms with Crippen LogP contribution in [-0.4, -0.2) is 23.8 Å². The van der Waals surface area contributed by atoms with Crippen molar-refractivity contribution in [3.8, 4) is 5.75 Å². The van der Waals surface area contributed by atoms with E-state index in [4.69, 9.17) is 4.74 Å². The van der Waals surface area contributed by atoms with E-state index in [1.54, 1.807) is 6.07 Å². The summed E-state index contributed by atoms with van der Waals surface area (Å²) in [5.74, 6) is -0.137. The number of fused-ring (bicyclic) bond motifs is 1. The standard InChI is InChI=1S/C27H33O4S/c1-7-27(8-2,20-10-12-22-18(14-20)15-23(32-22)25(29)30)19-9-11-21(17(3)13-19)31-16-24(28)26(4,5)6/h9-15,24H,7-8,16H2,1-6H3,(H,29,30)/q-1. The minimum absolute atomic E-state index is 0.150. The molecule has 5 heteroatoms. The normalized spacial score (nSPS) is 13.3. The van der Waals surface area contributed by atoms with Gasteiger partial charge in [0.1, 0.15) is 10.6 Å². The van der Waals surface area contributed by atoms with Crippen molar-refractivity contribution < 1.29 is 19.7 Å². The molecule has 0 aliphatic rings. The molecule has 0 spiro atoms. The number of benzene rings is 2. The lowest BCUT2D eigenvalue weighted by Crippen LogP contribution is -2.43. The second-order valence-electron chi connectivity index (χ2n) is 9.60. The Bertz CT molecular complexity index is 1100. The molecule has 1 N–H and O–H groups in total. The van der Waals surface area contributed by atoms with Gasteiger partial charge in [0.2, 0.25) is 0 Å². The number of carbonyl (C=O) groups is 1. The van der Waals surface area contributed by atoms with Crippen LogP contribution in [0.4, 0.5) is 0 Å². The Labute approximate surface area is 194 Å². The van der Waals surface area contributed by atoms with Crippen LogP contribution in [0.2, 0.25) is 0 Å². The van der Waals surface area contributed by atoms with E-state index in [1.807, 2.05) is 39.8 Å². The number of thiophene rings is 1. The van der Waals surface area contributed by atoms with Crippen LogP contribution in [0, 0.1) is 12.3 Å². The molecule has 4 nitrogen and oxygen atoms in total. The van der Waals surface area contributed by atoms with Gasteiger partial charge < -0.3 is 14.9 Å². The summed E-state index contributed by atoms with van der Waals surface area (Å²) in [5.41, 5.74) is 2.88. The quantitative estimate of drug-likeness (QED) is 0.443. The zero-order valence-corrected chi connectivity index (χ0v) is 20.6. The molecule has 172 valence electrons. The molecule has 1 heterocycles. The van der Waals surface area contributed by atoms with Crippen LogP contribution in [0.15, 0.2) is 42.5 Å². The highest BCUT2D eigenvalue weighted by Crippen LogP contribution is 2.42. The van der Waals surface area contributed by atoms with Crippen LogP contribution in [0.1, 0.15) is 73.8 Å². The molecular formula is C27H33O4S-. The van der Waals surface area contributed by atoms with Crippen molar-refractivity contribution in [2.75, 3.05) is 6.61 Å². The van der Waals surface area contributed by atoms with Gasteiger partial charge in [0, 0.05) is 10.1 Å². The zero-order chi connectivity index (χ0) is 23.7. The maximum Gasteiger partial charge on any atom is 0.345 e. The lowest BCUT2D eigenvalue weighted by molar-refractivity contribution is -0.447. The highest BCUT2D eigenvalue weighted by molar-refractivity contribution is 7.20. The number of carboxylic acids is 1. The molecule has 1 atom stereocenters. The van der Waals surface area contributed by atoms with E-state index in [9.17, 15) is 15.0 Å². The van der Waals surface area contributed by atoms with Gasteiger partial charge in [-0.1, -0.05) is 58.9 Å². The molecule has 0 aliphatic carbocycles. The molecule has 0 saturated heterocycles. The second kappa shape index (κ2) is 9.24. The first-order valence-corrected chi connectivity index (χ1v) is 12.0. The van der Waals surface area contributed by atoms with Crippen molar-refractivity contribution in [3.63, 3.8) is 0 Å². The van der Waals surface area contributed by atoms with Crippen molar-refractivity contribution in [1.82, 2.24) is 0 Å². The summed E-state index contributed by atoms with van der Waals surface area (Å²) in [6.07, 6.45) is 1.04. The molecule has 3 rings (SSSR count). The van der Waals surface area contributed by atoms with Crippen LogP contribution in [0.5, 0.6) is 5.75 Å². The van der Waals surface area contributed by atoms with E-state index in [2.05, 4.69) is 38.1 Å².